The minimum atomic E-state index is -0.778. The number of hydrogen-bond donors (Lipinski definition) is 2. The molecule has 0 radical (unpaired) electrons. The molecular weight excluding hydrogens is 221 g/mol. The van der Waals surface area contributed by atoms with Crippen LogP contribution >= 0.6 is 0 Å². The Bertz CT molecular complexity index is 482. The maximum Gasteiger partial charge on any atom is 0.141 e. The van der Waals surface area contributed by atoms with E-state index in [4.69, 9.17) is 5.11 Å². The van der Waals surface area contributed by atoms with Crippen molar-refractivity contribution in [2.45, 2.75) is 12.5 Å². The highest BCUT2D eigenvalue weighted by Gasteiger charge is 2.10. The topological polar surface area (TPSA) is 53.4 Å². The number of aromatic hydroxyl groups is 1. The first-order valence-corrected chi connectivity index (χ1v) is 5.22. The lowest BCUT2D eigenvalue weighted by Crippen LogP contribution is -2.04. The second-order valence-electron chi connectivity index (χ2n) is 3.79. The highest BCUT2D eigenvalue weighted by atomic mass is 19.1. The number of phenols is 1. The van der Waals surface area contributed by atoms with Gasteiger partial charge in [-0.3, -0.25) is 4.98 Å². The summed E-state index contributed by atoms with van der Waals surface area (Å²) in [5.74, 6) is -0.242. The zero-order chi connectivity index (χ0) is 12.3. The van der Waals surface area contributed by atoms with Crippen molar-refractivity contribution in [1.29, 1.82) is 0 Å². The Hall–Kier alpha value is -1.94. The fraction of sp³-hybridized carbons (Fsp3) is 0.154. The van der Waals surface area contributed by atoms with E-state index >= 15 is 0 Å². The number of hydrogen-bond acceptors (Lipinski definition) is 3. The molecule has 2 aromatic rings. The fourth-order valence-corrected chi connectivity index (χ4v) is 1.54. The van der Waals surface area contributed by atoms with E-state index in [1.54, 1.807) is 24.3 Å². The molecular formula is C13H12FNO2. The van der Waals surface area contributed by atoms with Crippen LogP contribution < -0.4 is 0 Å². The lowest BCUT2D eigenvalue weighted by Gasteiger charge is -2.09. The normalized spacial score (nSPS) is 12.4. The van der Waals surface area contributed by atoms with Gasteiger partial charge in [-0.05, 0) is 29.8 Å². The van der Waals surface area contributed by atoms with E-state index < -0.39 is 11.9 Å². The third-order valence-corrected chi connectivity index (χ3v) is 2.46. The Morgan fingerprint density at radius 3 is 2.41 bits per heavy atom. The minimum absolute atomic E-state index is 0.183. The van der Waals surface area contributed by atoms with Crippen LogP contribution in [-0.2, 0) is 6.42 Å². The molecule has 2 N–H and O–H groups in total. The van der Waals surface area contributed by atoms with Gasteiger partial charge in [0.1, 0.15) is 11.6 Å². The third-order valence-electron chi connectivity index (χ3n) is 2.46. The largest absolute Gasteiger partial charge is 0.508 e. The maximum atomic E-state index is 12.6. The summed E-state index contributed by atoms with van der Waals surface area (Å²) < 4.78 is 12.6. The molecule has 0 aliphatic heterocycles. The van der Waals surface area contributed by atoms with Gasteiger partial charge in [0, 0.05) is 6.42 Å². The zero-order valence-corrected chi connectivity index (χ0v) is 9.05. The molecule has 1 heterocycles. The third kappa shape index (κ3) is 3.01. The summed E-state index contributed by atoms with van der Waals surface area (Å²) >= 11 is 0. The van der Waals surface area contributed by atoms with Gasteiger partial charge in [0.25, 0.3) is 0 Å². The van der Waals surface area contributed by atoms with Gasteiger partial charge in [0.2, 0.25) is 0 Å². The molecule has 0 bridgehead atoms. The molecule has 1 aromatic heterocycles. The molecule has 1 atom stereocenters. The predicted octanol–water partition coefficient (Wildman–Crippen LogP) is 2.20. The predicted molar refractivity (Wildman–Crippen MR) is 61.0 cm³/mol. The van der Waals surface area contributed by atoms with Crippen LogP contribution in [0.3, 0.4) is 0 Å². The van der Waals surface area contributed by atoms with Gasteiger partial charge in [-0.25, -0.2) is 4.39 Å². The average molecular weight is 233 g/mol. The molecule has 4 heteroatoms. The monoisotopic (exact) mass is 233 g/mol. The van der Waals surface area contributed by atoms with Gasteiger partial charge in [-0.15, -0.1) is 0 Å². The summed E-state index contributed by atoms with van der Waals surface area (Å²) in [5, 5.41) is 19.0. The molecule has 88 valence electrons. The van der Waals surface area contributed by atoms with Gasteiger partial charge in [0.15, 0.2) is 0 Å². The lowest BCUT2D eigenvalue weighted by molar-refractivity contribution is 0.173. The van der Waals surface area contributed by atoms with E-state index in [9.17, 15) is 9.50 Å². The first-order valence-electron chi connectivity index (χ1n) is 5.22. The Morgan fingerprint density at radius 1 is 1.12 bits per heavy atom. The van der Waals surface area contributed by atoms with Crippen molar-refractivity contribution in [3.8, 4) is 5.75 Å². The molecule has 1 aromatic carbocycles. The molecule has 17 heavy (non-hydrogen) atoms. The Labute approximate surface area is 98.2 Å². The number of rotatable bonds is 3. The number of phenolic OH excluding ortho intramolecular Hbond substituents is 1. The quantitative estimate of drug-likeness (QED) is 0.854. The Morgan fingerprint density at radius 2 is 1.82 bits per heavy atom. The second-order valence-corrected chi connectivity index (χ2v) is 3.79. The second kappa shape index (κ2) is 4.93. The van der Waals surface area contributed by atoms with Crippen LogP contribution in [0.5, 0.6) is 5.75 Å². The van der Waals surface area contributed by atoms with E-state index in [1.165, 1.54) is 12.1 Å². The first-order chi connectivity index (χ1) is 8.15. The van der Waals surface area contributed by atoms with Crippen molar-refractivity contribution in [1.82, 2.24) is 4.98 Å². The van der Waals surface area contributed by atoms with E-state index in [-0.39, 0.29) is 5.75 Å². The number of aliphatic hydroxyl groups excluding tert-OH is 1. The molecule has 1 unspecified atom stereocenters. The maximum absolute atomic E-state index is 12.6. The molecule has 0 saturated heterocycles. The van der Waals surface area contributed by atoms with E-state index in [0.717, 1.165) is 11.8 Å². The minimum Gasteiger partial charge on any atom is -0.508 e. The van der Waals surface area contributed by atoms with Crippen molar-refractivity contribution >= 4 is 0 Å². The van der Waals surface area contributed by atoms with Crippen molar-refractivity contribution in [2.24, 2.45) is 0 Å². The number of aromatic nitrogens is 1. The fourth-order valence-electron chi connectivity index (χ4n) is 1.54. The average Bonchev–Trinajstić information content (AvgIpc) is 2.33. The smallest absolute Gasteiger partial charge is 0.141 e. The number of pyridine rings is 1. The van der Waals surface area contributed by atoms with Crippen LogP contribution in [0.2, 0.25) is 0 Å². The van der Waals surface area contributed by atoms with Crippen molar-refractivity contribution < 1.29 is 14.6 Å². The molecule has 0 aliphatic carbocycles. The number of benzene rings is 1. The molecule has 0 amide bonds. The number of aliphatic hydroxyl groups is 1. The van der Waals surface area contributed by atoms with E-state index in [1.807, 2.05) is 0 Å². The summed E-state index contributed by atoms with van der Waals surface area (Å²) in [7, 11) is 0. The molecule has 0 fully saturated rings. The molecule has 2 rings (SSSR count). The highest BCUT2D eigenvalue weighted by Crippen LogP contribution is 2.18. The standard InChI is InChI=1S/C13H12FNO2/c14-10-3-6-12(15-8-10)13(17)7-9-1-4-11(16)5-2-9/h1-6,8,13,16-17H,7H2. The molecule has 0 spiro atoms. The van der Waals surface area contributed by atoms with Gasteiger partial charge in [0.05, 0.1) is 18.0 Å². The van der Waals surface area contributed by atoms with Gasteiger partial charge in [-0.2, -0.15) is 0 Å². The van der Waals surface area contributed by atoms with Crippen LogP contribution in [0.15, 0.2) is 42.6 Å². The van der Waals surface area contributed by atoms with Crippen LogP contribution in [-0.4, -0.2) is 15.2 Å². The Kier molecular flexibility index (Phi) is 3.35. The van der Waals surface area contributed by atoms with Gasteiger partial charge < -0.3 is 10.2 Å². The summed E-state index contributed by atoms with van der Waals surface area (Å²) in [6, 6.07) is 9.28. The Balaban J connectivity index is 2.08. The number of nitrogens with zero attached hydrogens (tertiary/aromatic N) is 1. The summed E-state index contributed by atoms with van der Waals surface area (Å²) in [5.41, 5.74) is 1.31. The van der Waals surface area contributed by atoms with E-state index in [0.29, 0.717) is 12.1 Å². The number of halogens is 1. The van der Waals surface area contributed by atoms with Crippen molar-refractivity contribution in [3.05, 3.63) is 59.7 Å². The molecule has 0 aliphatic rings. The zero-order valence-electron chi connectivity index (χ0n) is 9.05. The molecule has 0 saturated carbocycles. The van der Waals surface area contributed by atoms with Crippen molar-refractivity contribution in [3.63, 3.8) is 0 Å². The first kappa shape index (κ1) is 11.5. The summed E-state index contributed by atoms with van der Waals surface area (Å²) in [6.45, 7) is 0. The molecule has 3 nitrogen and oxygen atoms in total. The van der Waals surface area contributed by atoms with Crippen molar-refractivity contribution in [2.75, 3.05) is 0 Å². The SMILES string of the molecule is Oc1ccc(CC(O)c2ccc(F)cn2)cc1. The van der Waals surface area contributed by atoms with Crippen LogP contribution in [0, 0.1) is 5.82 Å². The highest BCUT2D eigenvalue weighted by molar-refractivity contribution is 5.27. The van der Waals surface area contributed by atoms with Crippen LogP contribution in [0.1, 0.15) is 17.4 Å². The van der Waals surface area contributed by atoms with E-state index in [2.05, 4.69) is 4.98 Å². The lowest BCUT2D eigenvalue weighted by atomic mass is 10.1. The van der Waals surface area contributed by atoms with Gasteiger partial charge in [-0.1, -0.05) is 12.1 Å². The van der Waals surface area contributed by atoms with Gasteiger partial charge >= 0.3 is 0 Å². The van der Waals surface area contributed by atoms with Crippen LogP contribution in [0.25, 0.3) is 0 Å². The summed E-state index contributed by atoms with van der Waals surface area (Å²) in [6.07, 6.45) is 0.675. The summed E-state index contributed by atoms with van der Waals surface area (Å²) in [4.78, 5) is 3.82. The van der Waals surface area contributed by atoms with Crippen LogP contribution in [0.4, 0.5) is 4.39 Å².